The van der Waals surface area contributed by atoms with Crippen molar-refractivity contribution in [2.75, 3.05) is 37.5 Å². The average Bonchev–Trinajstić information content (AvgIpc) is 2.69. The molecule has 2 unspecified atom stereocenters. The summed E-state index contributed by atoms with van der Waals surface area (Å²) in [7, 11) is 3.62. The second-order valence-corrected chi connectivity index (χ2v) is 6.36. The Kier molecular flexibility index (Phi) is 5.82. The minimum Gasteiger partial charge on any atom is -0.380 e. The van der Waals surface area contributed by atoms with Gasteiger partial charge in [-0.05, 0) is 31.7 Å². The van der Waals surface area contributed by atoms with Crippen molar-refractivity contribution in [1.29, 1.82) is 0 Å². The highest BCUT2D eigenvalue weighted by molar-refractivity contribution is 5.98. The molecule has 2 atom stereocenters. The van der Waals surface area contributed by atoms with E-state index >= 15 is 0 Å². The molecule has 3 heterocycles. The summed E-state index contributed by atoms with van der Waals surface area (Å²) in [5.74, 6) is -1.05. The van der Waals surface area contributed by atoms with Crippen LogP contribution in [0.2, 0.25) is 0 Å². The highest BCUT2D eigenvalue weighted by Crippen LogP contribution is 2.28. The number of primary amides is 1. The minimum absolute atomic E-state index is 0.00331. The molecule has 0 aromatic carbocycles. The number of nitrogens with zero attached hydrogens (tertiary/aromatic N) is 3. The zero-order valence-corrected chi connectivity index (χ0v) is 15.3. The number of carbonyl (C=O) groups is 1. The van der Waals surface area contributed by atoms with Gasteiger partial charge in [-0.1, -0.05) is 0 Å². The molecule has 0 bridgehead atoms. The largest absolute Gasteiger partial charge is 0.380 e. The molecular formula is C18H23FN6O2. The van der Waals surface area contributed by atoms with E-state index in [4.69, 9.17) is 10.5 Å². The predicted molar refractivity (Wildman–Crippen MR) is 101 cm³/mol. The molecule has 8 nitrogen and oxygen atoms in total. The normalized spacial score (nSPS) is 19.5. The van der Waals surface area contributed by atoms with E-state index < -0.39 is 11.7 Å². The molecule has 1 fully saturated rings. The zero-order valence-electron chi connectivity index (χ0n) is 15.3. The zero-order chi connectivity index (χ0) is 19.4. The van der Waals surface area contributed by atoms with Crippen LogP contribution in [0.3, 0.4) is 0 Å². The fourth-order valence-electron chi connectivity index (χ4n) is 3.21. The third-order valence-corrected chi connectivity index (χ3v) is 4.67. The molecule has 1 aliphatic rings. The lowest BCUT2D eigenvalue weighted by Crippen LogP contribution is -2.53. The van der Waals surface area contributed by atoms with Crippen molar-refractivity contribution in [3.05, 3.63) is 42.0 Å². The van der Waals surface area contributed by atoms with Gasteiger partial charge < -0.3 is 26.0 Å². The number of hydrogen-bond donors (Lipinski definition) is 3. The summed E-state index contributed by atoms with van der Waals surface area (Å²) in [4.78, 5) is 21.9. The lowest BCUT2D eigenvalue weighted by molar-refractivity contribution is 0.0600. The van der Waals surface area contributed by atoms with Gasteiger partial charge >= 0.3 is 0 Å². The Morgan fingerprint density at radius 2 is 2.30 bits per heavy atom. The molecule has 1 saturated heterocycles. The van der Waals surface area contributed by atoms with E-state index in [-0.39, 0.29) is 29.3 Å². The van der Waals surface area contributed by atoms with Crippen LogP contribution in [0.1, 0.15) is 16.8 Å². The SMILES string of the molecule is CNC1COCCC1N(C)c1nc(Nc2cccnc2)c(C(N)=O)cc1F. The first-order chi connectivity index (χ1) is 13.0. The Morgan fingerprint density at radius 1 is 1.48 bits per heavy atom. The molecule has 9 heteroatoms. The van der Waals surface area contributed by atoms with Crippen LogP contribution < -0.4 is 21.3 Å². The third kappa shape index (κ3) is 4.15. The molecule has 3 rings (SSSR count). The molecule has 2 aromatic heterocycles. The van der Waals surface area contributed by atoms with E-state index in [0.717, 1.165) is 12.5 Å². The number of pyridine rings is 2. The first-order valence-electron chi connectivity index (χ1n) is 8.66. The third-order valence-electron chi connectivity index (χ3n) is 4.67. The van der Waals surface area contributed by atoms with Crippen molar-refractivity contribution < 1.29 is 13.9 Å². The van der Waals surface area contributed by atoms with E-state index in [1.54, 1.807) is 36.5 Å². The van der Waals surface area contributed by atoms with Gasteiger partial charge in [0.25, 0.3) is 5.91 Å². The van der Waals surface area contributed by atoms with Crippen molar-refractivity contribution in [2.45, 2.75) is 18.5 Å². The van der Waals surface area contributed by atoms with Crippen molar-refractivity contribution >= 4 is 23.2 Å². The Bertz CT molecular complexity index is 804. The maximum absolute atomic E-state index is 14.8. The molecule has 144 valence electrons. The lowest BCUT2D eigenvalue weighted by atomic mass is 10.0. The van der Waals surface area contributed by atoms with Gasteiger partial charge in [-0.2, -0.15) is 0 Å². The standard InChI is InChI=1S/C18H23FN6O2/c1-21-14-10-27-7-5-15(14)25(2)18-13(19)8-12(16(20)26)17(24-18)23-11-4-3-6-22-9-11/h3-4,6,8-9,14-15,21H,5,7,10H2,1-2H3,(H2,20,26)(H,23,24). The van der Waals surface area contributed by atoms with E-state index in [1.165, 1.54) is 0 Å². The van der Waals surface area contributed by atoms with Gasteiger partial charge in [-0.15, -0.1) is 0 Å². The van der Waals surface area contributed by atoms with Crippen LogP contribution in [0.25, 0.3) is 0 Å². The number of amides is 1. The maximum atomic E-state index is 14.8. The van der Waals surface area contributed by atoms with Crippen LogP contribution in [0.5, 0.6) is 0 Å². The first kappa shape index (κ1) is 19.0. The molecule has 0 spiro atoms. The Balaban J connectivity index is 1.97. The van der Waals surface area contributed by atoms with Crippen LogP contribution in [0, 0.1) is 5.82 Å². The molecule has 27 heavy (non-hydrogen) atoms. The van der Waals surface area contributed by atoms with Gasteiger partial charge in [0.15, 0.2) is 11.6 Å². The number of nitrogens with one attached hydrogen (secondary N) is 2. The van der Waals surface area contributed by atoms with Crippen molar-refractivity contribution in [3.63, 3.8) is 0 Å². The summed E-state index contributed by atoms with van der Waals surface area (Å²) >= 11 is 0. The van der Waals surface area contributed by atoms with E-state index in [1.807, 2.05) is 7.05 Å². The number of hydrogen-bond acceptors (Lipinski definition) is 7. The van der Waals surface area contributed by atoms with Gasteiger partial charge in [0, 0.05) is 25.9 Å². The van der Waals surface area contributed by atoms with Crippen LogP contribution in [-0.4, -0.2) is 55.3 Å². The minimum atomic E-state index is -0.763. The Hall–Kier alpha value is -2.78. The number of carbonyl (C=O) groups excluding carboxylic acids is 1. The maximum Gasteiger partial charge on any atom is 0.252 e. The van der Waals surface area contributed by atoms with Gasteiger partial charge in [-0.3, -0.25) is 9.78 Å². The van der Waals surface area contributed by atoms with Gasteiger partial charge in [0.2, 0.25) is 0 Å². The molecule has 4 N–H and O–H groups in total. The Labute approximate surface area is 156 Å². The lowest BCUT2D eigenvalue weighted by Gasteiger charge is -2.38. The van der Waals surface area contributed by atoms with Gasteiger partial charge in [0.1, 0.15) is 5.82 Å². The number of aromatic nitrogens is 2. The highest BCUT2D eigenvalue weighted by Gasteiger charge is 2.30. The van der Waals surface area contributed by atoms with Crippen molar-refractivity contribution in [3.8, 4) is 0 Å². The average molecular weight is 374 g/mol. The van der Waals surface area contributed by atoms with E-state index in [9.17, 15) is 9.18 Å². The molecule has 1 aliphatic heterocycles. The monoisotopic (exact) mass is 374 g/mol. The fourth-order valence-corrected chi connectivity index (χ4v) is 3.21. The van der Waals surface area contributed by atoms with Crippen LogP contribution in [-0.2, 0) is 4.74 Å². The van der Waals surface area contributed by atoms with Crippen LogP contribution in [0.15, 0.2) is 30.6 Å². The number of nitrogens with two attached hydrogens (primary N) is 1. The number of rotatable bonds is 6. The summed E-state index contributed by atoms with van der Waals surface area (Å²) in [5, 5.41) is 6.19. The molecular weight excluding hydrogens is 351 g/mol. The second-order valence-electron chi connectivity index (χ2n) is 6.36. The number of likely N-dealkylation sites (N-methyl/N-ethyl adjacent to an activating group) is 2. The van der Waals surface area contributed by atoms with Crippen molar-refractivity contribution in [2.24, 2.45) is 5.73 Å². The highest BCUT2D eigenvalue weighted by atomic mass is 19.1. The molecule has 0 aliphatic carbocycles. The molecule has 0 radical (unpaired) electrons. The number of anilines is 3. The quantitative estimate of drug-likeness (QED) is 0.699. The topological polar surface area (TPSA) is 105 Å². The summed E-state index contributed by atoms with van der Waals surface area (Å²) in [6, 6.07) is 4.66. The first-order valence-corrected chi connectivity index (χ1v) is 8.66. The van der Waals surface area contributed by atoms with Gasteiger partial charge in [0.05, 0.1) is 30.1 Å². The molecule has 2 aromatic rings. The number of ether oxygens (including phenoxy) is 1. The number of halogens is 1. The summed E-state index contributed by atoms with van der Waals surface area (Å²) < 4.78 is 20.3. The summed E-state index contributed by atoms with van der Waals surface area (Å²) in [6.07, 6.45) is 3.93. The van der Waals surface area contributed by atoms with Crippen LogP contribution >= 0.6 is 0 Å². The fraction of sp³-hybridized carbons (Fsp3) is 0.389. The predicted octanol–water partition coefficient (Wildman–Crippen LogP) is 1.27. The van der Waals surface area contributed by atoms with Gasteiger partial charge in [-0.25, -0.2) is 9.37 Å². The smallest absolute Gasteiger partial charge is 0.252 e. The van der Waals surface area contributed by atoms with Crippen molar-refractivity contribution in [1.82, 2.24) is 15.3 Å². The molecule has 0 saturated carbocycles. The molecule has 1 amide bonds. The van der Waals surface area contributed by atoms with E-state index in [0.29, 0.717) is 18.9 Å². The Morgan fingerprint density at radius 3 is 2.96 bits per heavy atom. The summed E-state index contributed by atoms with van der Waals surface area (Å²) in [5.41, 5.74) is 6.00. The van der Waals surface area contributed by atoms with E-state index in [2.05, 4.69) is 20.6 Å². The second kappa shape index (κ2) is 8.28. The summed E-state index contributed by atoms with van der Waals surface area (Å²) in [6.45, 7) is 1.13. The van der Waals surface area contributed by atoms with Crippen LogP contribution in [0.4, 0.5) is 21.7 Å².